The van der Waals surface area contributed by atoms with Crippen molar-refractivity contribution in [1.29, 1.82) is 0 Å². The third-order valence-corrected chi connectivity index (χ3v) is 8.11. The minimum atomic E-state index is -4.27. The van der Waals surface area contributed by atoms with Gasteiger partial charge in [-0.2, -0.15) is 0 Å². The van der Waals surface area contributed by atoms with Gasteiger partial charge >= 0.3 is 0 Å². The van der Waals surface area contributed by atoms with Crippen LogP contribution in [-0.2, 0) is 10.0 Å². The molecule has 2 saturated heterocycles. The Morgan fingerprint density at radius 3 is 2.42 bits per heavy atom. The van der Waals surface area contributed by atoms with Gasteiger partial charge in [-0.25, -0.2) is 21.2 Å². The van der Waals surface area contributed by atoms with Crippen molar-refractivity contribution in [3.8, 4) is 11.3 Å². The number of rotatable bonds is 4. The highest BCUT2D eigenvalue weighted by molar-refractivity contribution is 7.90. The summed E-state index contributed by atoms with van der Waals surface area (Å²) in [5.41, 5.74) is 1.49. The molecule has 2 aliphatic heterocycles. The van der Waals surface area contributed by atoms with Crippen LogP contribution in [0.15, 0.2) is 66.1 Å². The maximum absolute atomic E-state index is 14.9. The Kier molecular flexibility index (Phi) is 4.33. The van der Waals surface area contributed by atoms with Gasteiger partial charge in [0.25, 0.3) is 10.0 Å². The minimum absolute atomic E-state index is 0.0754. The summed E-state index contributed by atoms with van der Waals surface area (Å²) in [6.45, 7) is 2.75. The van der Waals surface area contributed by atoms with E-state index in [0.717, 1.165) is 29.2 Å². The number of nitrogens with one attached hydrogen (secondary N) is 1. The van der Waals surface area contributed by atoms with E-state index in [1.807, 2.05) is 6.07 Å². The number of benzene rings is 1. The van der Waals surface area contributed by atoms with Crippen LogP contribution in [0.2, 0.25) is 0 Å². The summed E-state index contributed by atoms with van der Waals surface area (Å²) in [5, 5.41) is 3.79. The molecule has 0 saturated carbocycles. The van der Waals surface area contributed by atoms with Gasteiger partial charge in [-0.3, -0.25) is 9.97 Å². The highest BCUT2D eigenvalue weighted by atomic mass is 32.2. The molecule has 0 aliphatic carbocycles. The highest BCUT2D eigenvalue weighted by Crippen LogP contribution is 2.40. The Balaban J connectivity index is 1.39. The Hall–Kier alpha value is -3.37. The standard InChI is InChI=1S/C23H19F2N5O2S/c24-18-7-15(8-19(25)22(18)29-13-23(14-29)11-27-12-23)33(31,32)30-6-4-16-17(9-26-10-21(16)30)20-3-1-2-5-28-20/h1-10,27H,11-14H2. The van der Waals surface area contributed by atoms with Crippen LogP contribution in [0.4, 0.5) is 14.5 Å². The molecule has 3 aromatic heterocycles. The van der Waals surface area contributed by atoms with Crippen molar-refractivity contribution in [2.24, 2.45) is 5.41 Å². The number of hydrogen-bond donors (Lipinski definition) is 1. The van der Waals surface area contributed by atoms with E-state index in [9.17, 15) is 17.2 Å². The van der Waals surface area contributed by atoms with Crippen LogP contribution >= 0.6 is 0 Å². The fourth-order valence-corrected chi connectivity index (χ4v) is 6.06. The molecule has 0 radical (unpaired) electrons. The third-order valence-electron chi connectivity index (χ3n) is 6.44. The van der Waals surface area contributed by atoms with Crippen molar-refractivity contribution < 1.29 is 17.2 Å². The first-order chi connectivity index (χ1) is 15.9. The van der Waals surface area contributed by atoms with E-state index in [1.54, 1.807) is 35.5 Å². The highest BCUT2D eigenvalue weighted by Gasteiger charge is 2.48. The van der Waals surface area contributed by atoms with E-state index >= 15 is 0 Å². The number of hydrogen-bond acceptors (Lipinski definition) is 6. The van der Waals surface area contributed by atoms with Crippen LogP contribution in [0.25, 0.3) is 22.2 Å². The fraction of sp³-hybridized carbons (Fsp3) is 0.217. The molecule has 33 heavy (non-hydrogen) atoms. The molecule has 10 heteroatoms. The van der Waals surface area contributed by atoms with Gasteiger partial charge in [0.2, 0.25) is 0 Å². The van der Waals surface area contributed by atoms with Crippen LogP contribution in [0.1, 0.15) is 0 Å². The summed E-state index contributed by atoms with van der Waals surface area (Å²) >= 11 is 0. The number of fused-ring (bicyclic) bond motifs is 1. The van der Waals surface area contributed by atoms with Crippen LogP contribution in [-0.4, -0.2) is 48.5 Å². The summed E-state index contributed by atoms with van der Waals surface area (Å²) in [6, 6.07) is 8.81. The number of nitrogens with zero attached hydrogens (tertiary/aromatic N) is 4. The lowest BCUT2D eigenvalue weighted by Crippen LogP contribution is -2.71. The van der Waals surface area contributed by atoms with Gasteiger partial charge in [0.05, 0.1) is 22.3 Å². The van der Waals surface area contributed by atoms with E-state index in [4.69, 9.17) is 0 Å². The van der Waals surface area contributed by atoms with E-state index in [1.165, 1.54) is 12.4 Å². The second-order valence-electron chi connectivity index (χ2n) is 8.65. The molecule has 2 fully saturated rings. The monoisotopic (exact) mass is 467 g/mol. The van der Waals surface area contributed by atoms with Gasteiger partial charge in [0, 0.05) is 61.1 Å². The second kappa shape index (κ2) is 7.06. The molecule has 0 unspecified atom stereocenters. The van der Waals surface area contributed by atoms with E-state index in [-0.39, 0.29) is 11.1 Å². The average Bonchev–Trinajstić information content (AvgIpc) is 3.19. The fourth-order valence-electron chi connectivity index (χ4n) is 4.70. The topological polar surface area (TPSA) is 80.1 Å². The van der Waals surface area contributed by atoms with Gasteiger partial charge in [-0.05, 0) is 30.3 Å². The number of anilines is 1. The third kappa shape index (κ3) is 3.05. The lowest BCUT2D eigenvalue weighted by Gasteiger charge is -2.57. The maximum atomic E-state index is 14.9. The Labute approximate surface area is 188 Å². The van der Waals surface area contributed by atoms with E-state index in [0.29, 0.717) is 35.2 Å². The summed E-state index contributed by atoms with van der Waals surface area (Å²) in [7, 11) is -4.27. The Morgan fingerprint density at radius 2 is 1.79 bits per heavy atom. The zero-order valence-electron chi connectivity index (χ0n) is 17.4. The quantitative estimate of drug-likeness (QED) is 0.497. The van der Waals surface area contributed by atoms with E-state index < -0.39 is 26.6 Å². The van der Waals surface area contributed by atoms with Gasteiger partial charge in [-0.1, -0.05) is 6.07 Å². The second-order valence-corrected chi connectivity index (χ2v) is 10.5. The first-order valence-electron chi connectivity index (χ1n) is 10.4. The lowest BCUT2D eigenvalue weighted by atomic mass is 9.74. The number of pyridine rings is 2. The van der Waals surface area contributed by atoms with E-state index in [2.05, 4.69) is 15.3 Å². The Morgan fingerprint density at radius 1 is 1.03 bits per heavy atom. The first kappa shape index (κ1) is 20.3. The summed E-state index contributed by atoms with van der Waals surface area (Å²) in [6.07, 6.45) is 6.01. The smallest absolute Gasteiger partial charge is 0.268 e. The number of aromatic nitrogens is 3. The van der Waals surface area contributed by atoms with Crippen LogP contribution < -0.4 is 10.2 Å². The summed E-state index contributed by atoms with van der Waals surface area (Å²) in [5.74, 6) is -1.78. The molecule has 1 N–H and O–H groups in total. The average molecular weight is 468 g/mol. The SMILES string of the molecule is O=S(=O)(c1cc(F)c(N2CC3(CNC3)C2)c(F)c1)n1ccc2c(-c3ccccn3)cncc21. The van der Waals surface area contributed by atoms with Gasteiger partial charge < -0.3 is 10.2 Å². The van der Waals surface area contributed by atoms with Crippen molar-refractivity contribution in [2.75, 3.05) is 31.1 Å². The maximum Gasteiger partial charge on any atom is 0.268 e. The summed E-state index contributed by atoms with van der Waals surface area (Å²) < 4.78 is 57.6. The Bertz CT molecular complexity index is 1470. The molecular weight excluding hydrogens is 448 g/mol. The molecule has 5 heterocycles. The van der Waals surface area contributed by atoms with Crippen LogP contribution in [0.3, 0.4) is 0 Å². The van der Waals surface area contributed by atoms with Gasteiger partial charge in [0.15, 0.2) is 11.6 Å². The van der Waals surface area contributed by atoms with Crippen molar-refractivity contribution >= 4 is 26.6 Å². The molecule has 0 amide bonds. The molecule has 4 aromatic rings. The molecule has 2 aliphatic rings. The molecular formula is C23H19F2N5O2S. The number of halogens is 2. The van der Waals surface area contributed by atoms with Crippen molar-refractivity contribution in [2.45, 2.75) is 4.90 Å². The van der Waals surface area contributed by atoms with Crippen LogP contribution in [0, 0.1) is 17.0 Å². The molecule has 1 aromatic carbocycles. The summed E-state index contributed by atoms with van der Waals surface area (Å²) in [4.78, 5) is 9.63. The molecule has 1 spiro atoms. The minimum Gasteiger partial charge on any atom is -0.365 e. The first-order valence-corrected chi connectivity index (χ1v) is 11.9. The predicted octanol–water partition coefficient (Wildman–Crippen LogP) is 3.02. The van der Waals surface area contributed by atoms with Gasteiger partial charge in [0.1, 0.15) is 5.69 Å². The molecule has 168 valence electrons. The molecule has 0 bridgehead atoms. The lowest BCUT2D eigenvalue weighted by molar-refractivity contribution is 0.119. The van der Waals surface area contributed by atoms with Crippen LogP contribution in [0.5, 0.6) is 0 Å². The van der Waals surface area contributed by atoms with Crippen molar-refractivity contribution in [3.05, 3.63) is 72.8 Å². The molecule has 0 atom stereocenters. The molecule has 7 nitrogen and oxygen atoms in total. The zero-order valence-corrected chi connectivity index (χ0v) is 18.2. The zero-order chi connectivity index (χ0) is 22.8. The van der Waals surface area contributed by atoms with Crippen molar-refractivity contribution in [1.82, 2.24) is 19.3 Å². The van der Waals surface area contributed by atoms with Gasteiger partial charge in [-0.15, -0.1) is 0 Å². The molecule has 6 rings (SSSR count). The van der Waals surface area contributed by atoms with Crippen molar-refractivity contribution in [3.63, 3.8) is 0 Å². The predicted molar refractivity (Wildman–Crippen MR) is 119 cm³/mol. The normalized spacial score (nSPS) is 17.2. The largest absolute Gasteiger partial charge is 0.365 e.